The Morgan fingerprint density at radius 1 is 0.833 bits per heavy atom. The minimum Gasteiger partial charge on any atom is -0.496 e. The molecule has 3 aromatic carbocycles. The van der Waals surface area contributed by atoms with Gasteiger partial charge in [0.15, 0.2) is 5.84 Å². The van der Waals surface area contributed by atoms with Gasteiger partial charge in [-0.05, 0) is 30.7 Å². The third-order valence-corrected chi connectivity index (χ3v) is 5.52. The van der Waals surface area contributed by atoms with Crippen LogP contribution in [0.1, 0.15) is 18.1 Å². The van der Waals surface area contributed by atoms with E-state index in [2.05, 4.69) is 23.0 Å². The fourth-order valence-corrected chi connectivity index (χ4v) is 3.91. The molecule has 0 amide bonds. The molecule has 2 heterocycles. The molecule has 2 N–H and O–H groups in total. The normalized spacial score (nSPS) is 14.6. The van der Waals surface area contributed by atoms with E-state index >= 15 is 0 Å². The average Bonchev–Trinajstić information content (AvgIpc) is 3.03. The van der Waals surface area contributed by atoms with Crippen LogP contribution in [0.25, 0.3) is 11.1 Å². The lowest BCUT2D eigenvalue weighted by molar-refractivity contribution is 0.416. The summed E-state index contributed by atoms with van der Waals surface area (Å²) in [7, 11) is 1.68. The van der Waals surface area contributed by atoms with E-state index in [1.165, 1.54) is 0 Å². The highest BCUT2D eigenvalue weighted by Gasteiger charge is 2.26. The molecule has 0 fully saturated rings. The molecule has 30 heavy (non-hydrogen) atoms. The van der Waals surface area contributed by atoms with Crippen molar-refractivity contribution >= 4 is 28.8 Å². The first-order valence-electron chi connectivity index (χ1n) is 9.59. The number of ether oxygens (including phenoxy) is 1. The SMILES string of the molecule is COc1cc2c(cc1-c1ccccc1)N=C1NNC(C)=C1N=C2c1ccccc1Cl. The molecule has 0 bridgehead atoms. The number of nitrogens with one attached hydrogen (secondary N) is 2. The number of amidine groups is 1. The summed E-state index contributed by atoms with van der Waals surface area (Å²) in [6.07, 6.45) is 0. The Bertz CT molecular complexity index is 1250. The number of nitrogens with zero attached hydrogens (tertiary/aromatic N) is 2. The lowest BCUT2D eigenvalue weighted by atomic mass is 9.95. The van der Waals surface area contributed by atoms with Gasteiger partial charge in [-0.1, -0.05) is 60.1 Å². The monoisotopic (exact) mass is 414 g/mol. The van der Waals surface area contributed by atoms with Crippen LogP contribution in [0, 0.1) is 0 Å². The predicted molar refractivity (Wildman–Crippen MR) is 122 cm³/mol. The maximum Gasteiger partial charge on any atom is 0.173 e. The number of rotatable bonds is 3. The molecule has 2 aliphatic heterocycles. The summed E-state index contributed by atoms with van der Waals surface area (Å²) in [5.41, 5.74) is 13.2. The topological polar surface area (TPSA) is 58.0 Å². The maximum atomic E-state index is 6.56. The van der Waals surface area contributed by atoms with Crippen molar-refractivity contribution < 1.29 is 4.74 Å². The summed E-state index contributed by atoms with van der Waals surface area (Å²) in [6, 6.07) is 21.9. The Labute approximate surface area is 179 Å². The summed E-state index contributed by atoms with van der Waals surface area (Å²) in [5.74, 6) is 1.43. The molecule has 0 unspecified atom stereocenters. The lowest BCUT2D eigenvalue weighted by Crippen LogP contribution is -2.27. The molecule has 3 aromatic rings. The van der Waals surface area contributed by atoms with Crippen LogP contribution >= 0.6 is 11.6 Å². The second kappa shape index (κ2) is 7.35. The van der Waals surface area contributed by atoms with Gasteiger partial charge in [-0.25, -0.2) is 9.98 Å². The molecule has 0 radical (unpaired) electrons. The molecule has 5 rings (SSSR count). The van der Waals surface area contributed by atoms with Gasteiger partial charge in [-0.15, -0.1) is 0 Å². The third kappa shape index (κ3) is 3.04. The van der Waals surface area contributed by atoms with E-state index in [9.17, 15) is 0 Å². The Morgan fingerprint density at radius 2 is 1.60 bits per heavy atom. The number of hydrogen-bond acceptors (Lipinski definition) is 5. The van der Waals surface area contributed by atoms with Crippen molar-refractivity contribution in [2.24, 2.45) is 9.98 Å². The minimum absolute atomic E-state index is 0.633. The molecule has 0 aromatic heterocycles. The Morgan fingerprint density at radius 3 is 2.37 bits per heavy atom. The van der Waals surface area contributed by atoms with E-state index in [1.54, 1.807) is 7.11 Å². The van der Waals surface area contributed by atoms with Crippen molar-refractivity contribution in [1.29, 1.82) is 0 Å². The molecule has 0 atom stereocenters. The lowest BCUT2D eigenvalue weighted by Gasteiger charge is -2.15. The summed E-state index contributed by atoms with van der Waals surface area (Å²) in [6.45, 7) is 1.96. The van der Waals surface area contributed by atoms with Gasteiger partial charge in [-0.2, -0.15) is 0 Å². The summed E-state index contributed by atoms with van der Waals surface area (Å²) in [4.78, 5) is 9.86. The van der Waals surface area contributed by atoms with Crippen molar-refractivity contribution in [3.05, 3.63) is 94.3 Å². The number of allylic oxidation sites excluding steroid dienone is 1. The molecule has 0 spiro atoms. The van der Waals surface area contributed by atoms with Gasteiger partial charge in [0.25, 0.3) is 0 Å². The van der Waals surface area contributed by atoms with E-state index in [0.717, 1.165) is 50.8 Å². The van der Waals surface area contributed by atoms with Crippen molar-refractivity contribution in [1.82, 2.24) is 10.9 Å². The molecule has 0 aliphatic carbocycles. The quantitative estimate of drug-likeness (QED) is 0.616. The van der Waals surface area contributed by atoms with Crippen molar-refractivity contribution in [2.75, 3.05) is 7.11 Å². The van der Waals surface area contributed by atoms with E-state index in [-0.39, 0.29) is 0 Å². The van der Waals surface area contributed by atoms with Crippen LogP contribution in [0.5, 0.6) is 5.75 Å². The number of hydrogen-bond donors (Lipinski definition) is 2. The van der Waals surface area contributed by atoms with Gasteiger partial charge in [0.2, 0.25) is 0 Å². The molecular weight excluding hydrogens is 396 g/mol. The zero-order valence-corrected chi connectivity index (χ0v) is 17.3. The second-order valence-corrected chi connectivity index (χ2v) is 7.47. The van der Waals surface area contributed by atoms with E-state index in [0.29, 0.717) is 10.9 Å². The van der Waals surface area contributed by atoms with E-state index in [4.69, 9.17) is 26.3 Å². The fraction of sp³-hybridized carbons (Fsp3) is 0.0833. The van der Waals surface area contributed by atoms with Gasteiger partial charge in [0.1, 0.15) is 11.4 Å². The number of hydrazine groups is 1. The zero-order chi connectivity index (χ0) is 20.7. The Kier molecular flexibility index (Phi) is 4.52. The molecule has 5 nitrogen and oxygen atoms in total. The molecule has 0 saturated carbocycles. The third-order valence-electron chi connectivity index (χ3n) is 5.19. The molecular formula is C24H19ClN4O. The highest BCUT2D eigenvalue weighted by molar-refractivity contribution is 6.36. The highest BCUT2D eigenvalue weighted by atomic mass is 35.5. The summed E-state index contributed by atoms with van der Waals surface area (Å²) < 4.78 is 5.76. The van der Waals surface area contributed by atoms with Crippen LogP contribution < -0.4 is 15.6 Å². The van der Waals surface area contributed by atoms with Crippen LogP contribution in [-0.2, 0) is 0 Å². The van der Waals surface area contributed by atoms with Crippen LogP contribution in [-0.4, -0.2) is 18.7 Å². The van der Waals surface area contributed by atoms with E-state index < -0.39 is 0 Å². The number of benzene rings is 3. The van der Waals surface area contributed by atoms with Gasteiger partial charge in [-0.3, -0.25) is 5.43 Å². The van der Waals surface area contributed by atoms with Gasteiger partial charge < -0.3 is 10.2 Å². The van der Waals surface area contributed by atoms with Gasteiger partial charge in [0, 0.05) is 21.7 Å². The van der Waals surface area contributed by atoms with Crippen LogP contribution in [0.2, 0.25) is 5.02 Å². The largest absolute Gasteiger partial charge is 0.496 e. The van der Waals surface area contributed by atoms with Crippen LogP contribution in [0.3, 0.4) is 0 Å². The maximum absolute atomic E-state index is 6.56. The number of aliphatic imine (C=N–C) groups is 2. The first-order valence-corrected chi connectivity index (χ1v) is 9.97. The first-order chi connectivity index (χ1) is 14.7. The van der Waals surface area contributed by atoms with Crippen LogP contribution in [0.4, 0.5) is 5.69 Å². The number of halogens is 1. The molecule has 2 aliphatic rings. The van der Waals surface area contributed by atoms with Crippen molar-refractivity contribution in [3.63, 3.8) is 0 Å². The average molecular weight is 415 g/mol. The summed E-state index contributed by atoms with van der Waals surface area (Å²) in [5, 5.41) is 0.633. The smallest absolute Gasteiger partial charge is 0.173 e. The fourth-order valence-electron chi connectivity index (χ4n) is 3.68. The molecule has 6 heteroatoms. The standard InChI is InChI=1S/C24H19ClN4O/c1-14-22-24(29-28-14)26-20-12-17(15-8-4-3-5-9-15)21(30-2)13-18(20)23(27-22)16-10-6-7-11-19(16)25/h3-13H,1-2H3,(H2,26,28,29). The van der Waals surface area contributed by atoms with Gasteiger partial charge >= 0.3 is 0 Å². The zero-order valence-electron chi connectivity index (χ0n) is 16.5. The molecule has 148 valence electrons. The minimum atomic E-state index is 0.633. The van der Waals surface area contributed by atoms with Crippen molar-refractivity contribution in [3.8, 4) is 16.9 Å². The van der Waals surface area contributed by atoms with Gasteiger partial charge in [0.05, 0.1) is 24.2 Å². The number of methoxy groups -OCH3 is 1. The Hall–Kier alpha value is -3.57. The highest BCUT2D eigenvalue weighted by Crippen LogP contribution is 2.40. The van der Waals surface area contributed by atoms with E-state index in [1.807, 2.05) is 61.5 Å². The molecule has 0 saturated heterocycles. The predicted octanol–water partition coefficient (Wildman–Crippen LogP) is 5.24. The van der Waals surface area contributed by atoms with Crippen molar-refractivity contribution in [2.45, 2.75) is 6.92 Å². The second-order valence-electron chi connectivity index (χ2n) is 7.06. The number of fused-ring (bicyclic) bond motifs is 2. The Balaban J connectivity index is 1.81. The summed E-state index contributed by atoms with van der Waals surface area (Å²) >= 11 is 6.56. The van der Waals surface area contributed by atoms with Crippen LogP contribution in [0.15, 0.2) is 88.1 Å². The first kappa shape index (κ1) is 18.5.